The molecule has 0 N–H and O–H groups in total. The maximum absolute atomic E-state index is 12.1. The van der Waals surface area contributed by atoms with Gasteiger partial charge in [0, 0.05) is 13.1 Å². The predicted octanol–water partition coefficient (Wildman–Crippen LogP) is 2.34. The van der Waals surface area contributed by atoms with Crippen LogP contribution in [0.25, 0.3) is 0 Å². The summed E-state index contributed by atoms with van der Waals surface area (Å²) in [6, 6.07) is 6.97. The fraction of sp³-hybridized carbons (Fsp3) is 0.600. The Morgan fingerprint density at radius 2 is 1.95 bits per heavy atom. The average Bonchev–Trinajstić information content (AvgIpc) is 2.60. The Bertz CT molecular complexity index is 575. The van der Waals surface area contributed by atoms with Crippen LogP contribution in [0, 0.1) is 0 Å². The first-order chi connectivity index (χ1) is 10.4. The van der Waals surface area contributed by atoms with E-state index in [1.54, 1.807) is 19.1 Å². The molecule has 0 saturated carbocycles. The summed E-state index contributed by atoms with van der Waals surface area (Å²) in [6.45, 7) is 3.06. The summed E-state index contributed by atoms with van der Waals surface area (Å²) in [5.74, 6) is 0.597. The minimum absolute atomic E-state index is 0.184. The summed E-state index contributed by atoms with van der Waals surface area (Å²) < 4.78 is 52.8. The maximum atomic E-state index is 12.1. The van der Waals surface area contributed by atoms with Crippen molar-refractivity contribution in [2.24, 2.45) is 0 Å². The van der Waals surface area contributed by atoms with Gasteiger partial charge in [0.1, 0.15) is 12.4 Å². The molecule has 0 radical (unpaired) electrons. The van der Waals surface area contributed by atoms with Crippen molar-refractivity contribution in [1.29, 1.82) is 0 Å². The van der Waals surface area contributed by atoms with Crippen molar-refractivity contribution in [1.82, 2.24) is 4.90 Å². The summed E-state index contributed by atoms with van der Waals surface area (Å²) in [4.78, 5) is 2.11. The lowest BCUT2D eigenvalue weighted by atomic mass is 10.2. The van der Waals surface area contributed by atoms with Crippen molar-refractivity contribution in [3.05, 3.63) is 29.8 Å². The van der Waals surface area contributed by atoms with Crippen LogP contribution < -0.4 is 4.74 Å². The molecule has 1 aromatic rings. The number of benzene rings is 1. The van der Waals surface area contributed by atoms with Gasteiger partial charge in [-0.3, -0.25) is 4.90 Å². The Morgan fingerprint density at radius 3 is 2.59 bits per heavy atom. The number of nitrogens with zero attached hydrogens (tertiary/aromatic N) is 1. The monoisotopic (exact) mass is 333 g/mol. The Balaban J connectivity index is 1.91. The van der Waals surface area contributed by atoms with Crippen LogP contribution in [0.1, 0.15) is 18.9 Å². The van der Waals surface area contributed by atoms with Gasteiger partial charge in [-0.25, -0.2) is 17.2 Å². The SMILES string of the molecule is C[C@H]1CCN(Cc2ccc(OCC(F)F)cc2)CCS1(=O)=O. The summed E-state index contributed by atoms with van der Waals surface area (Å²) in [5, 5.41) is -0.289. The molecule has 0 bridgehead atoms. The first-order valence-electron chi connectivity index (χ1n) is 7.30. The van der Waals surface area contributed by atoms with Crippen LogP contribution in [0.4, 0.5) is 8.78 Å². The first-order valence-corrected chi connectivity index (χ1v) is 9.02. The van der Waals surface area contributed by atoms with Crippen LogP contribution in [0.5, 0.6) is 5.75 Å². The zero-order valence-corrected chi connectivity index (χ0v) is 13.4. The van der Waals surface area contributed by atoms with E-state index in [0.29, 0.717) is 25.3 Å². The van der Waals surface area contributed by atoms with Gasteiger partial charge in [-0.1, -0.05) is 12.1 Å². The van der Waals surface area contributed by atoms with Crippen LogP contribution in [0.15, 0.2) is 24.3 Å². The Hall–Kier alpha value is -1.21. The standard InChI is InChI=1S/C15H21F2NO3S/c1-12-6-7-18(8-9-22(12,19)20)10-13-2-4-14(5-3-13)21-11-15(16)17/h2-5,12,15H,6-11H2,1H3/t12-/m0/s1. The topological polar surface area (TPSA) is 46.6 Å². The van der Waals surface area contributed by atoms with Crippen LogP contribution in [-0.2, 0) is 16.4 Å². The van der Waals surface area contributed by atoms with Gasteiger partial charge in [0.25, 0.3) is 6.43 Å². The molecule has 2 rings (SSSR count). The number of halogens is 2. The third-order valence-electron chi connectivity index (χ3n) is 3.86. The third kappa shape index (κ3) is 4.91. The van der Waals surface area contributed by atoms with Crippen LogP contribution >= 0.6 is 0 Å². The van der Waals surface area contributed by atoms with Gasteiger partial charge in [-0.2, -0.15) is 0 Å². The predicted molar refractivity (Wildman–Crippen MR) is 81.1 cm³/mol. The number of hydrogen-bond acceptors (Lipinski definition) is 4. The second-order valence-electron chi connectivity index (χ2n) is 5.59. The molecule has 0 unspecified atom stereocenters. The van der Waals surface area contributed by atoms with E-state index in [1.807, 2.05) is 12.1 Å². The third-order valence-corrected chi connectivity index (χ3v) is 6.08. The van der Waals surface area contributed by atoms with E-state index < -0.39 is 22.9 Å². The Kier molecular flexibility index (Phi) is 5.74. The number of rotatable bonds is 5. The molecule has 4 nitrogen and oxygen atoms in total. The minimum Gasteiger partial charge on any atom is -0.488 e. The number of alkyl halides is 2. The van der Waals surface area contributed by atoms with E-state index in [-0.39, 0.29) is 11.0 Å². The molecule has 1 fully saturated rings. The second-order valence-corrected chi connectivity index (χ2v) is 8.13. The molecule has 0 amide bonds. The molecule has 22 heavy (non-hydrogen) atoms. The zero-order valence-electron chi connectivity index (χ0n) is 12.5. The highest BCUT2D eigenvalue weighted by Gasteiger charge is 2.26. The largest absolute Gasteiger partial charge is 0.488 e. The van der Waals surface area contributed by atoms with Crippen molar-refractivity contribution in [2.75, 3.05) is 25.4 Å². The summed E-state index contributed by atoms with van der Waals surface area (Å²) in [6.07, 6.45) is -1.85. The van der Waals surface area contributed by atoms with Gasteiger partial charge >= 0.3 is 0 Å². The van der Waals surface area contributed by atoms with Crippen LogP contribution in [0.3, 0.4) is 0 Å². The first kappa shape index (κ1) is 17.1. The Morgan fingerprint density at radius 1 is 1.27 bits per heavy atom. The van der Waals surface area contributed by atoms with Gasteiger partial charge in [0.2, 0.25) is 0 Å². The summed E-state index contributed by atoms with van der Waals surface area (Å²) in [5.41, 5.74) is 1.01. The minimum atomic E-state index is -2.98. The van der Waals surface area contributed by atoms with Crippen molar-refractivity contribution in [3.8, 4) is 5.75 Å². The van der Waals surface area contributed by atoms with Gasteiger partial charge in [-0.05, 0) is 37.6 Å². The molecule has 1 aromatic carbocycles. The van der Waals surface area contributed by atoms with E-state index in [2.05, 4.69) is 4.90 Å². The lowest BCUT2D eigenvalue weighted by Gasteiger charge is -2.19. The molecular formula is C15H21F2NO3S. The normalized spacial score (nSPS) is 22.5. The average molecular weight is 333 g/mol. The van der Waals surface area contributed by atoms with E-state index in [0.717, 1.165) is 12.1 Å². The molecule has 124 valence electrons. The van der Waals surface area contributed by atoms with Crippen molar-refractivity contribution >= 4 is 9.84 Å². The maximum Gasteiger partial charge on any atom is 0.272 e. The van der Waals surface area contributed by atoms with Gasteiger partial charge in [-0.15, -0.1) is 0 Å². The highest BCUT2D eigenvalue weighted by Crippen LogP contribution is 2.17. The highest BCUT2D eigenvalue weighted by molar-refractivity contribution is 7.92. The Labute approximate surface area is 130 Å². The van der Waals surface area contributed by atoms with Gasteiger partial charge < -0.3 is 4.74 Å². The highest BCUT2D eigenvalue weighted by atomic mass is 32.2. The number of ether oxygens (including phenoxy) is 1. The van der Waals surface area contributed by atoms with Gasteiger partial charge in [0.15, 0.2) is 9.84 Å². The fourth-order valence-corrected chi connectivity index (χ4v) is 3.76. The fourth-order valence-electron chi connectivity index (χ4n) is 2.38. The molecular weight excluding hydrogens is 312 g/mol. The molecule has 0 aromatic heterocycles. The van der Waals surface area contributed by atoms with Crippen molar-refractivity contribution in [2.45, 2.75) is 31.6 Å². The van der Waals surface area contributed by atoms with Crippen LogP contribution in [-0.4, -0.2) is 50.4 Å². The van der Waals surface area contributed by atoms with Crippen LogP contribution in [0.2, 0.25) is 0 Å². The summed E-state index contributed by atoms with van der Waals surface area (Å²) >= 11 is 0. The number of sulfone groups is 1. The zero-order chi connectivity index (χ0) is 16.2. The molecule has 1 atom stereocenters. The van der Waals surface area contributed by atoms with Gasteiger partial charge in [0.05, 0.1) is 11.0 Å². The molecule has 1 saturated heterocycles. The molecule has 0 spiro atoms. The van der Waals surface area contributed by atoms with E-state index in [4.69, 9.17) is 4.74 Å². The van der Waals surface area contributed by atoms with E-state index in [1.165, 1.54) is 0 Å². The molecule has 0 aliphatic carbocycles. The molecule has 1 aliphatic heterocycles. The van der Waals surface area contributed by atoms with E-state index in [9.17, 15) is 17.2 Å². The quantitative estimate of drug-likeness (QED) is 0.830. The smallest absolute Gasteiger partial charge is 0.272 e. The van der Waals surface area contributed by atoms with E-state index >= 15 is 0 Å². The van der Waals surface area contributed by atoms with Crippen molar-refractivity contribution in [3.63, 3.8) is 0 Å². The number of hydrogen-bond donors (Lipinski definition) is 0. The molecule has 1 heterocycles. The lowest BCUT2D eigenvalue weighted by molar-refractivity contribution is 0.0819. The summed E-state index contributed by atoms with van der Waals surface area (Å²) in [7, 11) is -2.98. The van der Waals surface area contributed by atoms with Crippen molar-refractivity contribution < 1.29 is 21.9 Å². The second kappa shape index (κ2) is 7.37. The molecule has 7 heteroatoms. The molecule has 1 aliphatic rings. The lowest BCUT2D eigenvalue weighted by Crippen LogP contribution is -2.26.